The first-order chi connectivity index (χ1) is 15.2. The minimum atomic E-state index is -1.04. The van der Waals surface area contributed by atoms with Crippen molar-refractivity contribution in [2.75, 3.05) is 27.4 Å². The van der Waals surface area contributed by atoms with Crippen LogP contribution < -0.4 is 14.8 Å². The molecule has 0 radical (unpaired) electrons. The Balaban J connectivity index is 2.90. The number of hydrogen-bond acceptors (Lipinski definition) is 9. The number of nitrogens with one attached hydrogen (secondary N) is 1. The lowest BCUT2D eigenvalue weighted by atomic mass is 9.77. The van der Waals surface area contributed by atoms with Gasteiger partial charge in [0.25, 0.3) is 0 Å². The Morgan fingerprint density at radius 3 is 1.66 bits per heavy atom. The molecule has 9 nitrogen and oxygen atoms in total. The van der Waals surface area contributed by atoms with Gasteiger partial charge in [-0.15, -0.1) is 0 Å². The van der Waals surface area contributed by atoms with Crippen molar-refractivity contribution >= 4 is 23.5 Å². The summed E-state index contributed by atoms with van der Waals surface area (Å²) in [5.74, 6) is -2.85. The van der Waals surface area contributed by atoms with Crippen molar-refractivity contribution in [1.29, 1.82) is 0 Å². The number of carbonyl (C=O) groups excluding carboxylic acids is 4. The van der Waals surface area contributed by atoms with Gasteiger partial charge in [-0.3, -0.25) is 9.59 Å². The maximum Gasteiger partial charge on any atom is 0.355 e. The minimum absolute atomic E-state index is 0.00563. The van der Waals surface area contributed by atoms with Crippen LogP contribution in [-0.2, 0) is 28.7 Å². The Labute approximate surface area is 186 Å². The van der Waals surface area contributed by atoms with Crippen LogP contribution >= 0.6 is 0 Å². The van der Waals surface area contributed by atoms with Crippen LogP contribution in [0.4, 0.5) is 0 Å². The Morgan fingerprint density at radius 1 is 0.812 bits per heavy atom. The summed E-state index contributed by atoms with van der Waals surface area (Å²) >= 11 is 0. The summed E-state index contributed by atoms with van der Waals surface area (Å²) in [7, 11) is 2.92. The summed E-state index contributed by atoms with van der Waals surface area (Å²) in [6.07, 6.45) is 0. The highest BCUT2D eigenvalue weighted by Crippen LogP contribution is 2.42. The highest BCUT2D eigenvalue weighted by Gasteiger charge is 2.41. The molecule has 0 spiro atoms. The summed E-state index contributed by atoms with van der Waals surface area (Å²) < 4.78 is 20.8. The molecular formula is C23H27NO8. The van der Waals surface area contributed by atoms with Crippen LogP contribution in [0.15, 0.2) is 40.7 Å². The van der Waals surface area contributed by atoms with Gasteiger partial charge in [0, 0.05) is 17.1 Å². The lowest BCUT2D eigenvalue weighted by Gasteiger charge is -2.31. The highest BCUT2D eigenvalue weighted by atomic mass is 16.5. The first-order valence-electron chi connectivity index (χ1n) is 10.0. The molecule has 0 fully saturated rings. The number of allylic oxidation sites excluding steroid dienone is 2. The van der Waals surface area contributed by atoms with Gasteiger partial charge in [0.15, 0.2) is 23.1 Å². The molecule has 0 atom stereocenters. The first kappa shape index (κ1) is 24.6. The van der Waals surface area contributed by atoms with Crippen LogP contribution in [0.3, 0.4) is 0 Å². The smallest absolute Gasteiger partial charge is 0.355 e. The van der Waals surface area contributed by atoms with Crippen molar-refractivity contribution in [2.24, 2.45) is 0 Å². The number of esters is 2. The Hall–Kier alpha value is -3.62. The monoisotopic (exact) mass is 445 g/mol. The number of Topliss-reactive ketones (excluding diaryl/α,β-unsaturated/α-hetero) is 2. The molecule has 1 N–H and O–H groups in total. The van der Waals surface area contributed by atoms with Crippen LogP contribution in [0.1, 0.15) is 39.2 Å². The van der Waals surface area contributed by atoms with E-state index in [0.29, 0.717) is 17.1 Å². The van der Waals surface area contributed by atoms with E-state index in [2.05, 4.69) is 5.32 Å². The zero-order chi connectivity index (χ0) is 24.0. The van der Waals surface area contributed by atoms with E-state index >= 15 is 0 Å². The van der Waals surface area contributed by atoms with Gasteiger partial charge < -0.3 is 24.3 Å². The number of benzene rings is 1. The summed E-state index contributed by atoms with van der Waals surface area (Å²) in [4.78, 5) is 50.9. The highest BCUT2D eigenvalue weighted by molar-refractivity contribution is 6.12. The van der Waals surface area contributed by atoms with Crippen molar-refractivity contribution in [3.05, 3.63) is 46.3 Å². The van der Waals surface area contributed by atoms with E-state index in [4.69, 9.17) is 18.9 Å². The number of carbonyl (C=O) groups is 4. The standard InChI is InChI=1S/C23H27NO8/c1-7-31-22(27)20-17(12(3)25)19(14-9-10-15(29-5)16(11-14)30-6)18(13(4)26)21(24-20)23(28)32-8-2/h9-11,19,24H,7-8H2,1-6H3. The van der Waals surface area contributed by atoms with Crippen molar-refractivity contribution in [3.63, 3.8) is 0 Å². The second kappa shape index (κ2) is 10.6. The molecule has 0 unspecified atom stereocenters. The van der Waals surface area contributed by atoms with Crippen molar-refractivity contribution in [3.8, 4) is 11.5 Å². The first-order valence-corrected chi connectivity index (χ1v) is 10.0. The fourth-order valence-electron chi connectivity index (χ4n) is 3.55. The molecular weight excluding hydrogens is 418 g/mol. The normalized spacial score (nSPS) is 13.9. The molecule has 0 aliphatic carbocycles. The molecule has 1 aliphatic rings. The van der Waals surface area contributed by atoms with E-state index in [1.54, 1.807) is 32.0 Å². The maximum atomic E-state index is 12.7. The average molecular weight is 445 g/mol. The Bertz CT molecular complexity index is 953. The van der Waals surface area contributed by atoms with Gasteiger partial charge in [0.1, 0.15) is 11.4 Å². The molecule has 0 amide bonds. The molecule has 1 heterocycles. The van der Waals surface area contributed by atoms with Gasteiger partial charge >= 0.3 is 11.9 Å². The third-order valence-electron chi connectivity index (χ3n) is 4.82. The molecule has 1 aliphatic heterocycles. The number of rotatable bonds is 9. The quantitative estimate of drug-likeness (QED) is 0.571. The zero-order valence-electron chi connectivity index (χ0n) is 19.0. The van der Waals surface area contributed by atoms with E-state index < -0.39 is 29.4 Å². The van der Waals surface area contributed by atoms with Crippen molar-refractivity contribution < 1.29 is 38.1 Å². The molecule has 1 aromatic rings. The van der Waals surface area contributed by atoms with E-state index in [9.17, 15) is 19.2 Å². The lowest BCUT2D eigenvalue weighted by Crippen LogP contribution is -2.38. The maximum absolute atomic E-state index is 12.7. The van der Waals surface area contributed by atoms with Gasteiger partial charge in [0.2, 0.25) is 0 Å². The van der Waals surface area contributed by atoms with E-state index in [-0.39, 0.29) is 35.8 Å². The van der Waals surface area contributed by atoms with Crippen molar-refractivity contribution in [1.82, 2.24) is 5.32 Å². The van der Waals surface area contributed by atoms with Crippen LogP contribution in [0, 0.1) is 0 Å². The number of dihydropyridines is 1. The van der Waals surface area contributed by atoms with E-state index in [1.165, 1.54) is 28.1 Å². The predicted molar refractivity (Wildman–Crippen MR) is 114 cm³/mol. The predicted octanol–water partition coefficient (Wildman–Crippen LogP) is 2.20. The summed E-state index contributed by atoms with van der Waals surface area (Å²) in [5, 5.41) is 2.65. The number of ketones is 2. The molecule has 0 saturated heterocycles. The van der Waals surface area contributed by atoms with Crippen LogP contribution in [0.5, 0.6) is 11.5 Å². The lowest BCUT2D eigenvalue weighted by molar-refractivity contribution is -0.140. The third kappa shape index (κ3) is 4.82. The molecule has 0 aromatic heterocycles. The topological polar surface area (TPSA) is 117 Å². The van der Waals surface area contributed by atoms with Crippen LogP contribution in [0.2, 0.25) is 0 Å². The van der Waals surface area contributed by atoms with Crippen molar-refractivity contribution in [2.45, 2.75) is 33.6 Å². The second-order valence-corrected chi connectivity index (χ2v) is 6.80. The molecule has 0 bridgehead atoms. The molecule has 9 heteroatoms. The zero-order valence-corrected chi connectivity index (χ0v) is 19.0. The van der Waals surface area contributed by atoms with Gasteiger partial charge in [-0.1, -0.05) is 6.07 Å². The van der Waals surface area contributed by atoms with Gasteiger partial charge in [-0.2, -0.15) is 0 Å². The van der Waals surface area contributed by atoms with Gasteiger partial charge in [-0.25, -0.2) is 9.59 Å². The number of hydrogen-bond donors (Lipinski definition) is 1. The average Bonchev–Trinajstić information content (AvgIpc) is 2.77. The fourth-order valence-corrected chi connectivity index (χ4v) is 3.55. The minimum Gasteiger partial charge on any atom is -0.493 e. The SMILES string of the molecule is CCOC(=O)C1=C(C(C)=O)C(c2ccc(OC)c(OC)c2)C(C(C)=O)=C(C(=O)OCC)N1. The van der Waals surface area contributed by atoms with Crippen LogP contribution in [-0.4, -0.2) is 50.9 Å². The van der Waals surface area contributed by atoms with Gasteiger partial charge in [-0.05, 0) is 45.4 Å². The summed E-state index contributed by atoms with van der Waals surface area (Å²) in [6, 6.07) is 4.83. The molecule has 0 saturated carbocycles. The Morgan fingerprint density at radius 2 is 1.28 bits per heavy atom. The molecule has 2 rings (SSSR count). The largest absolute Gasteiger partial charge is 0.493 e. The third-order valence-corrected chi connectivity index (χ3v) is 4.82. The van der Waals surface area contributed by atoms with E-state index in [0.717, 1.165) is 0 Å². The summed E-state index contributed by atoms with van der Waals surface area (Å²) in [5.41, 5.74) is 0.00496. The van der Waals surface area contributed by atoms with Gasteiger partial charge in [0.05, 0.1) is 27.4 Å². The molecule has 1 aromatic carbocycles. The van der Waals surface area contributed by atoms with Crippen LogP contribution in [0.25, 0.3) is 0 Å². The second-order valence-electron chi connectivity index (χ2n) is 6.80. The number of ether oxygens (including phenoxy) is 4. The Kier molecular flexibility index (Phi) is 8.17. The van der Waals surface area contributed by atoms with E-state index in [1.807, 2.05) is 0 Å². The fraction of sp³-hybridized carbons (Fsp3) is 0.391. The molecule has 32 heavy (non-hydrogen) atoms. The molecule has 172 valence electrons. The summed E-state index contributed by atoms with van der Waals surface area (Å²) in [6.45, 7) is 5.88. The number of methoxy groups -OCH3 is 2.